The number of nitro groups is 1. The molecule has 2 N–H and O–H groups in total. The Hall–Kier alpha value is -2.68. The monoisotopic (exact) mass is 322 g/mol. The topological polar surface area (TPSA) is 123 Å². The maximum Gasteiger partial charge on any atom is 0.389 e. The molecule has 2 aromatic heterocycles. The molecule has 0 bridgehead atoms. The minimum absolute atomic E-state index is 0.0188. The molecule has 0 radical (unpaired) electrons. The minimum Gasteiger partial charge on any atom is -0.466 e. The van der Waals surface area contributed by atoms with Crippen molar-refractivity contribution in [1.29, 1.82) is 0 Å². The van der Waals surface area contributed by atoms with Gasteiger partial charge in [-0.2, -0.15) is 4.68 Å². The van der Waals surface area contributed by atoms with Crippen LogP contribution in [-0.2, 0) is 16.9 Å². The fourth-order valence-electron chi connectivity index (χ4n) is 2.27. The molecule has 0 aromatic carbocycles. The molecule has 0 aliphatic heterocycles. The molecular weight excluding hydrogens is 304 g/mol. The summed E-state index contributed by atoms with van der Waals surface area (Å²) in [6.07, 6.45) is 1.35. The van der Waals surface area contributed by atoms with Crippen molar-refractivity contribution in [3.63, 3.8) is 0 Å². The van der Waals surface area contributed by atoms with E-state index in [-0.39, 0.29) is 18.9 Å². The molecule has 9 nitrogen and oxygen atoms in total. The lowest BCUT2D eigenvalue weighted by Gasteiger charge is -2.23. The normalized spacial score (nSPS) is 13.6. The van der Waals surface area contributed by atoms with E-state index in [2.05, 4.69) is 10.4 Å². The van der Waals surface area contributed by atoms with Gasteiger partial charge in [-0.1, -0.05) is 0 Å². The average molecular weight is 322 g/mol. The van der Waals surface area contributed by atoms with E-state index in [0.717, 1.165) is 4.68 Å². The number of aromatic nitrogens is 2. The molecule has 124 valence electrons. The SMILES string of the molecule is Cc1cc(C(C)(O)CNC(=O)Cn2ccc([N+](=O)[O-])n2)c(C)o1. The van der Waals surface area contributed by atoms with E-state index < -0.39 is 16.4 Å². The number of nitrogens with zero attached hydrogens (tertiary/aromatic N) is 3. The van der Waals surface area contributed by atoms with Gasteiger partial charge in [0.25, 0.3) is 0 Å². The fraction of sp³-hybridized carbons (Fsp3) is 0.429. The Balaban J connectivity index is 1.95. The largest absolute Gasteiger partial charge is 0.466 e. The molecule has 2 heterocycles. The van der Waals surface area contributed by atoms with Crippen LogP contribution in [0.1, 0.15) is 24.0 Å². The van der Waals surface area contributed by atoms with Crippen molar-refractivity contribution < 1.29 is 19.2 Å². The van der Waals surface area contributed by atoms with Crippen molar-refractivity contribution in [3.05, 3.63) is 45.5 Å². The molecule has 0 aliphatic rings. The van der Waals surface area contributed by atoms with Gasteiger partial charge in [-0.15, -0.1) is 0 Å². The van der Waals surface area contributed by atoms with Crippen LogP contribution in [0.5, 0.6) is 0 Å². The summed E-state index contributed by atoms with van der Waals surface area (Å²) >= 11 is 0. The van der Waals surface area contributed by atoms with Crippen molar-refractivity contribution in [3.8, 4) is 0 Å². The van der Waals surface area contributed by atoms with Gasteiger partial charge in [0.1, 0.15) is 23.7 Å². The summed E-state index contributed by atoms with van der Waals surface area (Å²) in [7, 11) is 0. The van der Waals surface area contributed by atoms with E-state index in [1.54, 1.807) is 26.8 Å². The summed E-state index contributed by atoms with van der Waals surface area (Å²) in [5, 5.41) is 27.3. The van der Waals surface area contributed by atoms with Crippen LogP contribution < -0.4 is 5.32 Å². The second-order valence-electron chi connectivity index (χ2n) is 5.51. The number of carbonyl (C=O) groups excluding carboxylic acids is 1. The highest BCUT2D eigenvalue weighted by Crippen LogP contribution is 2.26. The van der Waals surface area contributed by atoms with Crippen molar-refractivity contribution in [1.82, 2.24) is 15.1 Å². The molecule has 1 atom stereocenters. The second-order valence-corrected chi connectivity index (χ2v) is 5.51. The lowest BCUT2D eigenvalue weighted by Crippen LogP contribution is -2.40. The van der Waals surface area contributed by atoms with Crippen molar-refractivity contribution >= 4 is 11.7 Å². The van der Waals surface area contributed by atoms with Gasteiger partial charge in [0.2, 0.25) is 5.91 Å². The molecule has 0 spiro atoms. The fourth-order valence-corrected chi connectivity index (χ4v) is 2.27. The van der Waals surface area contributed by atoms with Crippen LogP contribution in [0.3, 0.4) is 0 Å². The molecule has 9 heteroatoms. The third-order valence-corrected chi connectivity index (χ3v) is 3.37. The standard InChI is InChI=1S/C14H18N4O5/c1-9-6-11(10(2)23-9)14(3,20)8-15-13(19)7-17-5-4-12(16-17)18(21)22/h4-6,20H,7-8H2,1-3H3,(H,15,19). The van der Waals surface area contributed by atoms with Crippen molar-refractivity contribution in [2.24, 2.45) is 0 Å². The summed E-state index contributed by atoms with van der Waals surface area (Å²) in [6.45, 7) is 4.89. The summed E-state index contributed by atoms with van der Waals surface area (Å²) in [5.41, 5.74) is -0.682. The number of nitrogens with one attached hydrogen (secondary N) is 1. The Kier molecular flexibility index (Phi) is 4.50. The first-order valence-corrected chi connectivity index (χ1v) is 6.93. The van der Waals surface area contributed by atoms with E-state index >= 15 is 0 Å². The zero-order valence-corrected chi connectivity index (χ0v) is 13.1. The van der Waals surface area contributed by atoms with Crippen LogP contribution in [0.25, 0.3) is 0 Å². The van der Waals surface area contributed by atoms with Gasteiger partial charge >= 0.3 is 5.82 Å². The maximum absolute atomic E-state index is 11.9. The van der Waals surface area contributed by atoms with Crippen LogP contribution in [0.4, 0.5) is 5.82 Å². The minimum atomic E-state index is -1.28. The highest BCUT2D eigenvalue weighted by atomic mass is 16.6. The lowest BCUT2D eigenvalue weighted by molar-refractivity contribution is -0.389. The zero-order valence-electron chi connectivity index (χ0n) is 13.1. The molecule has 0 saturated heterocycles. The van der Waals surface area contributed by atoms with E-state index in [1.807, 2.05) is 0 Å². The number of carbonyl (C=O) groups is 1. The number of hydrogen-bond acceptors (Lipinski definition) is 6. The van der Waals surface area contributed by atoms with Gasteiger partial charge in [0.05, 0.1) is 23.9 Å². The molecule has 0 aliphatic carbocycles. The average Bonchev–Trinajstić information content (AvgIpc) is 3.03. The van der Waals surface area contributed by atoms with Gasteiger partial charge in [-0.3, -0.25) is 4.79 Å². The van der Waals surface area contributed by atoms with Crippen LogP contribution in [-0.4, -0.2) is 32.3 Å². The number of rotatable bonds is 6. The molecule has 1 unspecified atom stereocenters. The van der Waals surface area contributed by atoms with Gasteiger partial charge in [-0.05, 0) is 31.8 Å². The second kappa shape index (κ2) is 6.21. The van der Waals surface area contributed by atoms with E-state index in [4.69, 9.17) is 4.42 Å². The molecule has 1 amide bonds. The molecule has 0 fully saturated rings. The highest BCUT2D eigenvalue weighted by Gasteiger charge is 2.28. The first-order valence-electron chi connectivity index (χ1n) is 6.93. The molecule has 23 heavy (non-hydrogen) atoms. The molecule has 2 aromatic rings. The Labute approximate surface area is 132 Å². The van der Waals surface area contributed by atoms with E-state index in [9.17, 15) is 20.0 Å². The van der Waals surface area contributed by atoms with Gasteiger partial charge < -0.3 is 25.0 Å². The van der Waals surface area contributed by atoms with E-state index in [1.165, 1.54) is 12.3 Å². The van der Waals surface area contributed by atoms with Gasteiger partial charge in [0, 0.05) is 5.56 Å². The predicted octanol–water partition coefficient (Wildman–Crippen LogP) is 1.03. The first-order chi connectivity index (χ1) is 10.7. The number of amides is 1. The summed E-state index contributed by atoms with van der Waals surface area (Å²) in [6, 6.07) is 2.93. The van der Waals surface area contributed by atoms with Crippen LogP contribution in [0.15, 0.2) is 22.7 Å². The molecular formula is C14H18N4O5. The summed E-state index contributed by atoms with van der Waals surface area (Å²) in [4.78, 5) is 21.8. The third-order valence-electron chi connectivity index (χ3n) is 3.37. The first kappa shape index (κ1) is 16.7. The van der Waals surface area contributed by atoms with Crippen molar-refractivity contribution in [2.45, 2.75) is 32.9 Å². The number of aryl methyl sites for hydroxylation is 2. The van der Waals surface area contributed by atoms with Crippen LogP contribution in [0, 0.1) is 24.0 Å². The molecule has 2 rings (SSSR count). The maximum atomic E-state index is 11.9. The molecule has 0 saturated carbocycles. The Bertz CT molecular complexity index is 731. The van der Waals surface area contributed by atoms with Gasteiger partial charge in [-0.25, -0.2) is 0 Å². The van der Waals surface area contributed by atoms with E-state index in [0.29, 0.717) is 17.1 Å². The number of furan rings is 1. The summed E-state index contributed by atoms with van der Waals surface area (Å²) < 4.78 is 6.54. The van der Waals surface area contributed by atoms with Crippen LogP contribution in [0.2, 0.25) is 0 Å². The third kappa shape index (κ3) is 3.95. The number of aliphatic hydroxyl groups is 1. The highest BCUT2D eigenvalue weighted by molar-refractivity contribution is 5.75. The Morgan fingerprint density at radius 2 is 2.26 bits per heavy atom. The Morgan fingerprint density at radius 1 is 1.57 bits per heavy atom. The zero-order chi connectivity index (χ0) is 17.2. The lowest BCUT2D eigenvalue weighted by atomic mass is 9.96. The Morgan fingerprint density at radius 3 is 2.78 bits per heavy atom. The quantitative estimate of drug-likeness (QED) is 0.604. The summed E-state index contributed by atoms with van der Waals surface area (Å²) in [5.74, 6) is 0.521. The predicted molar refractivity (Wildman–Crippen MR) is 79.6 cm³/mol. The smallest absolute Gasteiger partial charge is 0.389 e. The number of hydrogen-bond donors (Lipinski definition) is 2. The van der Waals surface area contributed by atoms with Crippen molar-refractivity contribution in [2.75, 3.05) is 6.54 Å². The van der Waals surface area contributed by atoms with Gasteiger partial charge in [0.15, 0.2) is 0 Å². The van der Waals surface area contributed by atoms with Crippen LogP contribution >= 0.6 is 0 Å².